The van der Waals surface area contributed by atoms with E-state index in [4.69, 9.17) is 15.6 Å². The molecule has 0 spiro atoms. The smallest absolute Gasteiger partial charge is 0.306 e. The number of nitrogens with one attached hydrogen (secondary N) is 1. The zero-order valence-electron chi connectivity index (χ0n) is 12.5. The minimum atomic E-state index is -0.693. The Labute approximate surface area is 125 Å². The standard InChI is InChI=1S/C15H26N2O4/c16-10-15(5-7-21-8-6-15)14(20)17-9-11-1-3-12(4-2-11)13(18)19/h11-12H,1-10,16H2,(H,17,20)(H,18,19). The van der Waals surface area contributed by atoms with Gasteiger partial charge >= 0.3 is 5.97 Å². The summed E-state index contributed by atoms with van der Waals surface area (Å²) in [4.78, 5) is 23.3. The van der Waals surface area contributed by atoms with E-state index in [0.717, 1.165) is 12.8 Å². The molecule has 2 rings (SSSR count). The van der Waals surface area contributed by atoms with Gasteiger partial charge < -0.3 is 20.9 Å². The molecule has 2 aliphatic rings. The van der Waals surface area contributed by atoms with Crippen LogP contribution < -0.4 is 11.1 Å². The zero-order chi connectivity index (χ0) is 15.3. The lowest BCUT2D eigenvalue weighted by atomic mass is 9.78. The molecule has 120 valence electrons. The van der Waals surface area contributed by atoms with Crippen molar-refractivity contribution in [3.05, 3.63) is 0 Å². The lowest BCUT2D eigenvalue weighted by Crippen LogP contribution is -2.50. The highest BCUT2D eigenvalue weighted by molar-refractivity contribution is 5.83. The van der Waals surface area contributed by atoms with Crippen LogP contribution in [0.5, 0.6) is 0 Å². The number of nitrogens with two attached hydrogens (primary N) is 1. The number of carboxylic acid groups (broad SMARTS) is 1. The molecule has 0 aromatic rings. The molecule has 0 radical (unpaired) electrons. The molecule has 1 amide bonds. The Morgan fingerprint density at radius 3 is 2.33 bits per heavy atom. The largest absolute Gasteiger partial charge is 0.481 e. The van der Waals surface area contributed by atoms with Gasteiger partial charge in [0.05, 0.1) is 11.3 Å². The quantitative estimate of drug-likeness (QED) is 0.695. The van der Waals surface area contributed by atoms with Crippen molar-refractivity contribution in [2.75, 3.05) is 26.3 Å². The third-order valence-corrected chi connectivity index (χ3v) is 5.07. The molecule has 21 heavy (non-hydrogen) atoms. The second-order valence-electron chi connectivity index (χ2n) is 6.36. The van der Waals surface area contributed by atoms with Crippen LogP contribution in [0.3, 0.4) is 0 Å². The van der Waals surface area contributed by atoms with Crippen molar-refractivity contribution in [2.24, 2.45) is 23.0 Å². The van der Waals surface area contributed by atoms with E-state index < -0.39 is 11.4 Å². The van der Waals surface area contributed by atoms with Gasteiger partial charge in [0.1, 0.15) is 0 Å². The summed E-state index contributed by atoms with van der Waals surface area (Å²) in [6.07, 6.45) is 4.53. The van der Waals surface area contributed by atoms with Gasteiger partial charge in [-0.3, -0.25) is 9.59 Å². The first kappa shape index (κ1) is 16.2. The van der Waals surface area contributed by atoms with Gasteiger partial charge in [0.2, 0.25) is 5.91 Å². The first-order chi connectivity index (χ1) is 10.1. The van der Waals surface area contributed by atoms with E-state index in [2.05, 4.69) is 5.32 Å². The van der Waals surface area contributed by atoms with E-state index >= 15 is 0 Å². The molecule has 1 saturated heterocycles. The summed E-state index contributed by atoms with van der Waals surface area (Å²) < 4.78 is 5.31. The first-order valence-electron chi connectivity index (χ1n) is 7.86. The molecule has 1 heterocycles. The highest BCUT2D eigenvalue weighted by Gasteiger charge is 2.39. The highest BCUT2D eigenvalue weighted by atomic mass is 16.5. The average molecular weight is 298 g/mol. The molecule has 0 aromatic heterocycles. The topological polar surface area (TPSA) is 102 Å². The van der Waals surface area contributed by atoms with Crippen molar-refractivity contribution in [3.8, 4) is 0 Å². The SMILES string of the molecule is NCC1(C(=O)NCC2CCC(C(=O)O)CC2)CCOCC1. The van der Waals surface area contributed by atoms with Crippen LogP contribution in [0.4, 0.5) is 0 Å². The Kier molecular flexibility index (Phi) is 5.58. The predicted octanol–water partition coefficient (Wildman–Crippen LogP) is 0.749. The third kappa shape index (κ3) is 3.95. The fourth-order valence-electron chi connectivity index (χ4n) is 3.32. The van der Waals surface area contributed by atoms with Gasteiger partial charge in [-0.15, -0.1) is 0 Å². The van der Waals surface area contributed by atoms with Crippen LogP contribution in [-0.4, -0.2) is 43.3 Å². The number of hydrogen-bond donors (Lipinski definition) is 3. The second kappa shape index (κ2) is 7.22. The van der Waals surface area contributed by atoms with Crippen LogP contribution in [0.25, 0.3) is 0 Å². The molecule has 1 aliphatic heterocycles. The van der Waals surface area contributed by atoms with Gasteiger partial charge in [0.15, 0.2) is 0 Å². The van der Waals surface area contributed by atoms with E-state index in [9.17, 15) is 9.59 Å². The van der Waals surface area contributed by atoms with E-state index in [-0.39, 0.29) is 11.8 Å². The van der Waals surface area contributed by atoms with Crippen LogP contribution >= 0.6 is 0 Å². The number of carbonyl (C=O) groups excluding carboxylic acids is 1. The van der Waals surface area contributed by atoms with Crippen molar-refractivity contribution >= 4 is 11.9 Å². The molecule has 0 bridgehead atoms. The first-order valence-corrected chi connectivity index (χ1v) is 7.86. The van der Waals surface area contributed by atoms with Gasteiger partial charge in [-0.05, 0) is 44.4 Å². The van der Waals surface area contributed by atoms with Crippen molar-refractivity contribution in [3.63, 3.8) is 0 Å². The molecule has 1 aliphatic carbocycles. The molecule has 2 fully saturated rings. The second-order valence-corrected chi connectivity index (χ2v) is 6.36. The van der Waals surface area contributed by atoms with Gasteiger partial charge in [-0.25, -0.2) is 0 Å². The van der Waals surface area contributed by atoms with E-state index in [1.54, 1.807) is 0 Å². The van der Waals surface area contributed by atoms with Crippen molar-refractivity contribution in [1.29, 1.82) is 0 Å². The average Bonchev–Trinajstić information content (AvgIpc) is 2.53. The summed E-state index contributed by atoms with van der Waals surface area (Å²) in [6, 6.07) is 0. The summed E-state index contributed by atoms with van der Waals surface area (Å²) in [6.45, 7) is 2.17. The van der Waals surface area contributed by atoms with Crippen molar-refractivity contribution in [2.45, 2.75) is 38.5 Å². The Bertz CT molecular complexity index is 372. The molecule has 0 unspecified atom stereocenters. The Hall–Kier alpha value is -1.14. The Morgan fingerprint density at radius 1 is 1.19 bits per heavy atom. The number of amides is 1. The fourth-order valence-corrected chi connectivity index (χ4v) is 3.32. The summed E-state index contributed by atoms with van der Waals surface area (Å²) in [7, 11) is 0. The molecular weight excluding hydrogens is 272 g/mol. The Morgan fingerprint density at radius 2 is 1.81 bits per heavy atom. The number of carbonyl (C=O) groups is 2. The maximum atomic E-state index is 12.4. The molecular formula is C15H26N2O4. The summed E-state index contributed by atoms with van der Waals surface area (Å²) in [5.41, 5.74) is 5.34. The number of aliphatic carboxylic acids is 1. The lowest BCUT2D eigenvalue weighted by molar-refractivity contribution is -0.143. The minimum Gasteiger partial charge on any atom is -0.481 e. The van der Waals surface area contributed by atoms with Gasteiger partial charge in [0, 0.05) is 26.3 Å². The van der Waals surface area contributed by atoms with Crippen molar-refractivity contribution in [1.82, 2.24) is 5.32 Å². The normalized spacial score (nSPS) is 28.8. The number of rotatable bonds is 5. The van der Waals surface area contributed by atoms with Gasteiger partial charge in [-0.1, -0.05) is 0 Å². The van der Waals surface area contributed by atoms with Crippen LogP contribution in [-0.2, 0) is 14.3 Å². The molecule has 6 heteroatoms. The fraction of sp³-hybridized carbons (Fsp3) is 0.867. The van der Waals surface area contributed by atoms with E-state index in [0.29, 0.717) is 57.9 Å². The molecule has 6 nitrogen and oxygen atoms in total. The number of carboxylic acids is 1. The van der Waals surface area contributed by atoms with Crippen molar-refractivity contribution < 1.29 is 19.4 Å². The number of hydrogen-bond acceptors (Lipinski definition) is 4. The Balaban J connectivity index is 1.77. The molecule has 0 aromatic carbocycles. The number of ether oxygens (including phenoxy) is 1. The lowest BCUT2D eigenvalue weighted by Gasteiger charge is -2.35. The molecule has 4 N–H and O–H groups in total. The molecule has 1 saturated carbocycles. The van der Waals surface area contributed by atoms with E-state index in [1.807, 2.05) is 0 Å². The highest BCUT2D eigenvalue weighted by Crippen LogP contribution is 2.31. The predicted molar refractivity (Wildman–Crippen MR) is 77.6 cm³/mol. The maximum Gasteiger partial charge on any atom is 0.306 e. The minimum absolute atomic E-state index is 0.0358. The van der Waals surface area contributed by atoms with Gasteiger partial charge in [-0.2, -0.15) is 0 Å². The monoisotopic (exact) mass is 298 g/mol. The van der Waals surface area contributed by atoms with E-state index in [1.165, 1.54) is 0 Å². The summed E-state index contributed by atoms with van der Waals surface area (Å²) in [5, 5.41) is 12.0. The third-order valence-electron chi connectivity index (χ3n) is 5.07. The van der Waals surface area contributed by atoms with Gasteiger partial charge in [0.25, 0.3) is 0 Å². The maximum absolute atomic E-state index is 12.4. The van der Waals surface area contributed by atoms with Crippen LogP contribution in [0.1, 0.15) is 38.5 Å². The van der Waals surface area contributed by atoms with Crippen LogP contribution in [0.2, 0.25) is 0 Å². The van der Waals surface area contributed by atoms with Crippen LogP contribution in [0, 0.1) is 17.3 Å². The zero-order valence-corrected chi connectivity index (χ0v) is 12.5. The summed E-state index contributed by atoms with van der Waals surface area (Å²) in [5.74, 6) is -0.475. The van der Waals surface area contributed by atoms with Crippen LogP contribution in [0.15, 0.2) is 0 Å². The summed E-state index contributed by atoms with van der Waals surface area (Å²) >= 11 is 0. The molecule has 0 atom stereocenters.